The molecule has 0 saturated carbocycles. The summed E-state index contributed by atoms with van der Waals surface area (Å²) in [6.45, 7) is 14.2. The molecule has 4 rings (SSSR count). The summed E-state index contributed by atoms with van der Waals surface area (Å²) in [5.74, 6) is -3.76. The third kappa shape index (κ3) is 4.77. The van der Waals surface area contributed by atoms with Crippen LogP contribution in [-0.2, 0) is 25.5 Å². The lowest BCUT2D eigenvalue weighted by molar-refractivity contribution is -0.156. The number of carboxylic acids is 1. The summed E-state index contributed by atoms with van der Waals surface area (Å²) in [5.41, 5.74) is -0.976. The lowest BCUT2D eigenvalue weighted by Crippen LogP contribution is -2.62. The molecule has 1 aromatic carbocycles. The Hall–Kier alpha value is -2.71. The first-order valence-electron chi connectivity index (χ1n) is 13.6. The summed E-state index contributed by atoms with van der Waals surface area (Å²) >= 11 is 0. The third-order valence-electron chi connectivity index (χ3n) is 8.45. The van der Waals surface area contributed by atoms with Gasteiger partial charge in [0.1, 0.15) is 11.6 Å². The first-order chi connectivity index (χ1) is 17.8. The second-order valence-corrected chi connectivity index (χ2v) is 13.0. The number of amides is 2. The molecule has 2 N–H and O–H groups in total. The van der Waals surface area contributed by atoms with E-state index in [1.54, 1.807) is 11.0 Å². The molecule has 0 radical (unpaired) electrons. The quantitative estimate of drug-likeness (QED) is 0.453. The molecule has 38 heavy (non-hydrogen) atoms. The molecule has 208 valence electrons. The molecule has 1 spiro atoms. The fourth-order valence-electron chi connectivity index (χ4n) is 7.49. The largest absolute Gasteiger partial charge is 0.481 e. The van der Waals surface area contributed by atoms with Gasteiger partial charge in [0.25, 0.3) is 0 Å². The number of aliphatic carboxylic acids is 1. The predicted molar refractivity (Wildman–Crippen MR) is 143 cm³/mol. The molecule has 3 saturated heterocycles. The van der Waals surface area contributed by atoms with Crippen molar-refractivity contribution in [2.24, 2.45) is 17.3 Å². The van der Waals surface area contributed by atoms with Gasteiger partial charge >= 0.3 is 5.97 Å². The Bertz CT molecular complexity index is 1080. The van der Waals surface area contributed by atoms with Gasteiger partial charge in [-0.05, 0) is 50.5 Å². The van der Waals surface area contributed by atoms with Crippen LogP contribution in [0.15, 0.2) is 43.0 Å². The van der Waals surface area contributed by atoms with Gasteiger partial charge in [-0.2, -0.15) is 0 Å². The lowest BCUT2D eigenvalue weighted by Gasteiger charge is -2.46. The highest BCUT2D eigenvalue weighted by molar-refractivity contribution is 5.98. The molecule has 2 bridgehead atoms. The first-order valence-corrected chi connectivity index (χ1v) is 13.6. The van der Waals surface area contributed by atoms with Gasteiger partial charge in [0.05, 0.1) is 30.6 Å². The maximum atomic E-state index is 14.7. The normalized spacial score (nSPS) is 29.3. The average Bonchev–Trinajstić information content (AvgIpc) is 3.47. The van der Waals surface area contributed by atoms with Gasteiger partial charge in [0.2, 0.25) is 11.8 Å². The molecule has 2 amide bonds. The number of nitrogens with zero attached hydrogens (tertiary/aromatic N) is 2. The fourth-order valence-corrected chi connectivity index (χ4v) is 7.49. The van der Waals surface area contributed by atoms with E-state index in [0.29, 0.717) is 25.7 Å². The summed E-state index contributed by atoms with van der Waals surface area (Å²) < 4.78 is 6.38. The van der Waals surface area contributed by atoms with E-state index >= 15 is 0 Å². The van der Waals surface area contributed by atoms with Crippen molar-refractivity contribution in [3.8, 4) is 0 Å². The number of aliphatic hydroxyl groups is 1. The standard InChI is InChI=1S/C30H42N2O6/c1-7-15-31(29(5,6)18-28(2,3)4)26(35)24-30-14-13-21(38-30)22(27(36)37)23(30)25(34)32(24)20(17-33)16-19-11-9-8-10-12-19/h7-12,20-24,33H,1,13-18H2,2-6H3,(H,36,37)/t20-,21+,22-,23-,24+,30-/m1/s1. The monoisotopic (exact) mass is 526 g/mol. The van der Waals surface area contributed by atoms with Crippen LogP contribution >= 0.6 is 0 Å². The average molecular weight is 527 g/mol. The molecular weight excluding hydrogens is 484 g/mol. The van der Waals surface area contributed by atoms with Gasteiger partial charge in [0, 0.05) is 12.1 Å². The maximum Gasteiger partial charge on any atom is 0.310 e. The Kier molecular flexibility index (Phi) is 7.53. The van der Waals surface area contributed by atoms with Crippen molar-refractivity contribution in [2.45, 2.75) is 89.6 Å². The summed E-state index contributed by atoms with van der Waals surface area (Å²) in [7, 11) is 0. The summed E-state index contributed by atoms with van der Waals surface area (Å²) in [4.78, 5) is 44.4. The van der Waals surface area contributed by atoms with Crippen molar-refractivity contribution in [3.63, 3.8) is 0 Å². The van der Waals surface area contributed by atoms with E-state index in [1.165, 1.54) is 4.90 Å². The number of fused-ring (bicyclic) bond motifs is 1. The van der Waals surface area contributed by atoms with Crippen LogP contribution in [0, 0.1) is 17.3 Å². The second-order valence-electron chi connectivity index (χ2n) is 13.0. The SMILES string of the molecule is C=CCN(C(=O)[C@@H]1N([C@@H](CO)Cc2ccccc2)C(=O)[C@H]2[C@H](C(=O)O)[C@@H]3CC[C@]12O3)C(C)(C)CC(C)(C)C. The highest BCUT2D eigenvalue weighted by Crippen LogP contribution is 2.59. The van der Waals surface area contributed by atoms with E-state index in [-0.39, 0.29) is 24.5 Å². The van der Waals surface area contributed by atoms with Gasteiger partial charge in [-0.25, -0.2) is 0 Å². The van der Waals surface area contributed by atoms with E-state index in [0.717, 1.165) is 5.56 Å². The number of carbonyl (C=O) groups excluding carboxylic acids is 2. The molecule has 8 heteroatoms. The molecule has 3 heterocycles. The molecule has 3 fully saturated rings. The van der Waals surface area contributed by atoms with Crippen molar-refractivity contribution in [2.75, 3.05) is 13.2 Å². The molecule has 6 atom stereocenters. The summed E-state index contributed by atoms with van der Waals surface area (Å²) in [6.07, 6.45) is 3.02. The molecule has 0 aliphatic carbocycles. The Labute approximate surface area is 225 Å². The molecule has 8 nitrogen and oxygen atoms in total. The minimum atomic E-state index is -1.23. The smallest absolute Gasteiger partial charge is 0.310 e. The van der Waals surface area contributed by atoms with E-state index < -0.39 is 53.0 Å². The number of likely N-dealkylation sites (tertiary alicyclic amines) is 1. The van der Waals surface area contributed by atoms with Crippen molar-refractivity contribution < 1.29 is 29.3 Å². The van der Waals surface area contributed by atoms with Crippen LogP contribution in [0.3, 0.4) is 0 Å². The van der Waals surface area contributed by atoms with E-state index in [4.69, 9.17) is 4.74 Å². The zero-order chi connectivity index (χ0) is 28.0. The molecule has 3 aliphatic heterocycles. The number of carbonyl (C=O) groups is 3. The van der Waals surface area contributed by atoms with E-state index in [2.05, 4.69) is 27.4 Å². The number of hydrogen-bond donors (Lipinski definition) is 2. The van der Waals surface area contributed by atoms with Crippen LogP contribution in [-0.4, -0.2) is 80.3 Å². The third-order valence-corrected chi connectivity index (χ3v) is 8.45. The van der Waals surface area contributed by atoms with Gasteiger partial charge in [-0.1, -0.05) is 57.2 Å². The zero-order valence-corrected chi connectivity index (χ0v) is 23.2. The summed E-state index contributed by atoms with van der Waals surface area (Å²) in [6, 6.07) is 7.76. The van der Waals surface area contributed by atoms with E-state index in [1.807, 2.05) is 44.2 Å². The molecule has 0 aromatic heterocycles. The highest BCUT2D eigenvalue weighted by atomic mass is 16.5. The molecular formula is C30H42N2O6. The van der Waals surface area contributed by atoms with Crippen molar-refractivity contribution in [1.29, 1.82) is 0 Å². The zero-order valence-electron chi connectivity index (χ0n) is 23.2. The number of rotatable bonds is 10. The van der Waals surface area contributed by atoms with Crippen LogP contribution in [0.5, 0.6) is 0 Å². The van der Waals surface area contributed by atoms with Crippen LogP contribution in [0.1, 0.15) is 59.4 Å². The summed E-state index contributed by atoms with van der Waals surface area (Å²) in [5, 5.41) is 20.6. The number of carboxylic acid groups (broad SMARTS) is 1. The van der Waals surface area contributed by atoms with Gasteiger partial charge in [-0.15, -0.1) is 6.58 Å². The minimum absolute atomic E-state index is 0.0765. The number of hydrogen-bond acceptors (Lipinski definition) is 5. The Balaban J connectivity index is 1.81. The van der Waals surface area contributed by atoms with Crippen molar-refractivity contribution in [1.82, 2.24) is 9.80 Å². The lowest BCUT2D eigenvalue weighted by atomic mass is 9.70. The number of ether oxygens (including phenoxy) is 1. The topological polar surface area (TPSA) is 107 Å². The van der Waals surface area contributed by atoms with Crippen molar-refractivity contribution >= 4 is 17.8 Å². The van der Waals surface area contributed by atoms with E-state index in [9.17, 15) is 24.6 Å². The number of aliphatic hydroxyl groups excluding tert-OH is 1. The maximum absolute atomic E-state index is 14.7. The van der Waals surface area contributed by atoms with Gasteiger partial charge in [-0.3, -0.25) is 14.4 Å². The van der Waals surface area contributed by atoms with Crippen LogP contribution in [0.4, 0.5) is 0 Å². The predicted octanol–water partition coefficient (Wildman–Crippen LogP) is 3.28. The molecule has 3 aliphatic rings. The van der Waals surface area contributed by atoms with Crippen LogP contribution < -0.4 is 0 Å². The van der Waals surface area contributed by atoms with Crippen molar-refractivity contribution in [3.05, 3.63) is 48.6 Å². The Morgan fingerprint density at radius 1 is 1.24 bits per heavy atom. The first kappa shape index (κ1) is 28.3. The molecule has 0 unspecified atom stereocenters. The minimum Gasteiger partial charge on any atom is -0.481 e. The highest BCUT2D eigenvalue weighted by Gasteiger charge is 2.75. The molecule has 1 aromatic rings. The van der Waals surface area contributed by atoms with Gasteiger partial charge in [0.15, 0.2) is 0 Å². The Morgan fingerprint density at radius 2 is 1.89 bits per heavy atom. The number of benzene rings is 1. The second kappa shape index (κ2) is 10.1. The van der Waals surface area contributed by atoms with Gasteiger partial charge < -0.3 is 24.7 Å². The van der Waals surface area contributed by atoms with Crippen LogP contribution in [0.25, 0.3) is 0 Å². The van der Waals surface area contributed by atoms with Crippen LogP contribution in [0.2, 0.25) is 0 Å². The fraction of sp³-hybridized carbons (Fsp3) is 0.633. The Morgan fingerprint density at radius 3 is 2.45 bits per heavy atom.